The molecule has 0 bridgehead atoms. The number of ether oxygens (including phenoxy) is 5. The number of anilines is 2. The minimum Gasteiger partial charge on any atom is -0.481 e. The number of aromatic nitrogens is 4. The molecule has 5 N–H and O–H groups in total. The lowest BCUT2D eigenvalue weighted by Crippen LogP contribution is -2.36. The van der Waals surface area contributed by atoms with Crippen LogP contribution >= 0.6 is 0 Å². The number of esters is 1. The standard InChI is InChI=1S/C16H18N4O7S.C15H16N4O7S/c1-25-12-8-13(26-2)18-15(17-12)19-16(22)20-28(23,24)9-10-6-4-5-7-11(10)14(21)27-3;1-25-11-7-12(26-2)17-14(16-11)18-15(22)19-27(23,24)8-9-5-3-4-6-10(9)13(20)21/h4-8H,9H2,1-3H3,(H2,17,18,19,20,22);3-7H,8H2,1-2H3,(H,20,21)(H2,16,17,18,19,22). The molecule has 0 aliphatic carbocycles. The van der Waals surface area contributed by atoms with Crippen LogP contribution < -0.4 is 39.0 Å². The number of benzene rings is 2. The average molecular weight is 807 g/mol. The Balaban J connectivity index is 0.000000296. The largest absolute Gasteiger partial charge is 0.481 e. The summed E-state index contributed by atoms with van der Waals surface area (Å²) in [6.07, 6.45) is 0. The van der Waals surface area contributed by atoms with E-state index in [2.05, 4.69) is 35.3 Å². The third kappa shape index (κ3) is 13.3. The first-order valence-corrected chi connectivity index (χ1v) is 18.4. The molecule has 4 rings (SSSR count). The zero-order valence-corrected chi connectivity index (χ0v) is 31.2. The van der Waals surface area contributed by atoms with Crippen LogP contribution in [-0.4, -0.2) is 101 Å². The highest BCUT2D eigenvalue weighted by Gasteiger charge is 2.22. The van der Waals surface area contributed by atoms with E-state index in [1.54, 1.807) is 16.9 Å². The van der Waals surface area contributed by atoms with Crippen LogP contribution in [0.1, 0.15) is 31.8 Å². The number of methoxy groups -OCH3 is 5. The lowest BCUT2D eigenvalue weighted by molar-refractivity contribution is 0.0598. The molecule has 0 saturated carbocycles. The highest BCUT2D eigenvalue weighted by atomic mass is 32.2. The number of hydrogen-bond donors (Lipinski definition) is 5. The van der Waals surface area contributed by atoms with Gasteiger partial charge in [0.05, 0.1) is 70.3 Å². The summed E-state index contributed by atoms with van der Waals surface area (Å²) in [6.45, 7) is 0. The first kappa shape index (κ1) is 42.6. The molecule has 2 aromatic carbocycles. The SMILES string of the molecule is COC(=O)c1ccccc1CS(=O)(=O)NC(=O)Nc1nc(OC)cc(OC)n1.COc1cc(OC)nc(NC(=O)NS(=O)(=O)Cc2ccccc2C(=O)O)n1. The molecule has 0 radical (unpaired) electrons. The fourth-order valence-electron chi connectivity index (χ4n) is 4.17. The van der Waals surface area contributed by atoms with Gasteiger partial charge in [0.15, 0.2) is 0 Å². The molecule has 4 amide bonds. The molecule has 294 valence electrons. The van der Waals surface area contributed by atoms with E-state index in [-0.39, 0.29) is 57.7 Å². The Kier molecular flexibility index (Phi) is 15.0. The van der Waals surface area contributed by atoms with Gasteiger partial charge in [0.2, 0.25) is 55.5 Å². The summed E-state index contributed by atoms with van der Waals surface area (Å²) in [5.41, 5.74) is 0.111. The van der Waals surface area contributed by atoms with Gasteiger partial charge in [-0.15, -0.1) is 0 Å². The molecule has 0 atom stereocenters. The summed E-state index contributed by atoms with van der Waals surface area (Å²) < 4.78 is 76.8. The summed E-state index contributed by atoms with van der Waals surface area (Å²) >= 11 is 0. The number of carboxylic acids is 1. The minimum absolute atomic E-state index is 0.0320. The van der Waals surface area contributed by atoms with Crippen molar-refractivity contribution in [2.45, 2.75) is 11.5 Å². The summed E-state index contributed by atoms with van der Waals surface area (Å²) in [7, 11) is -1.74. The molecule has 2 heterocycles. The Bertz CT molecular complexity index is 2210. The third-order valence-corrected chi connectivity index (χ3v) is 8.88. The monoisotopic (exact) mass is 806 g/mol. The number of urea groups is 2. The lowest BCUT2D eigenvalue weighted by Gasteiger charge is -2.11. The molecule has 0 fully saturated rings. The first-order chi connectivity index (χ1) is 26.0. The second-order valence-electron chi connectivity index (χ2n) is 10.3. The summed E-state index contributed by atoms with van der Waals surface area (Å²) in [4.78, 5) is 62.3. The number of nitrogens with zero attached hydrogens (tertiary/aromatic N) is 4. The topological polar surface area (TPSA) is 303 Å². The number of carbonyl (C=O) groups is 4. The van der Waals surface area contributed by atoms with Gasteiger partial charge in [-0.3, -0.25) is 10.6 Å². The van der Waals surface area contributed by atoms with Crippen molar-refractivity contribution < 1.29 is 64.8 Å². The summed E-state index contributed by atoms with van der Waals surface area (Å²) in [5, 5.41) is 13.4. The summed E-state index contributed by atoms with van der Waals surface area (Å²) in [6, 6.07) is 12.1. The van der Waals surface area contributed by atoms with Crippen LogP contribution in [0.2, 0.25) is 0 Å². The van der Waals surface area contributed by atoms with Crippen molar-refractivity contribution in [2.75, 3.05) is 46.2 Å². The quantitative estimate of drug-likeness (QED) is 0.113. The normalized spacial score (nSPS) is 10.7. The maximum Gasteiger partial charge on any atom is 0.338 e. The first-order valence-electron chi connectivity index (χ1n) is 15.1. The number of nitrogens with one attached hydrogen (secondary N) is 4. The fraction of sp³-hybridized carbons (Fsp3) is 0.226. The van der Waals surface area contributed by atoms with Crippen LogP contribution in [0.3, 0.4) is 0 Å². The second kappa shape index (κ2) is 19.3. The predicted molar refractivity (Wildman–Crippen MR) is 191 cm³/mol. The Labute approximate surface area is 313 Å². The van der Waals surface area contributed by atoms with Crippen LogP contribution in [0, 0.1) is 0 Å². The Morgan fingerprint density at radius 1 is 0.582 bits per heavy atom. The fourth-order valence-corrected chi connectivity index (χ4v) is 6.30. The van der Waals surface area contributed by atoms with Crippen LogP contribution in [0.4, 0.5) is 21.5 Å². The number of aromatic carboxylic acids is 1. The Hall–Kier alpha value is -6.82. The van der Waals surface area contributed by atoms with Crippen LogP contribution in [-0.2, 0) is 36.3 Å². The molecule has 55 heavy (non-hydrogen) atoms. The van der Waals surface area contributed by atoms with E-state index in [0.29, 0.717) is 0 Å². The van der Waals surface area contributed by atoms with Gasteiger partial charge in [-0.05, 0) is 23.3 Å². The minimum atomic E-state index is -4.18. The van der Waals surface area contributed by atoms with Crippen molar-refractivity contribution in [1.29, 1.82) is 0 Å². The highest BCUT2D eigenvalue weighted by Crippen LogP contribution is 2.19. The van der Waals surface area contributed by atoms with Crippen LogP contribution in [0.25, 0.3) is 0 Å². The van der Waals surface area contributed by atoms with Gasteiger partial charge < -0.3 is 28.8 Å². The third-order valence-electron chi connectivity index (χ3n) is 6.50. The van der Waals surface area contributed by atoms with E-state index < -0.39 is 55.6 Å². The maximum absolute atomic E-state index is 12.3. The van der Waals surface area contributed by atoms with Crippen molar-refractivity contribution in [3.63, 3.8) is 0 Å². The van der Waals surface area contributed by atoms with Gasteiger partial charge in [-0.1, -0.05) is 36.4 Å². The highest BCUT2D eigenvalue weighted by molar-refractivity contribution is 7.89. The van der Waals surface area contributed by atoms with Crippen molar-refractivity contribution in [3.05, 3.63) is 82.9 Å². The number of rotatable bonds is 14. The van der Waals surface area contributed by atoms with Crippen LogP contribution in [0.15, 0.2) is 60.7 Å². The molecule has 4 aromatic rings. The van der Waals surface area contributed by atoms with Crippen molar-refractivity contribution >= 4 is 55.9 Å². The van der Waals surface area contributed by atoms with Crippen LogP contribution in [0.5, 0.6) is 23.5 Å². The van der Waals surface area contributed by atoms with E-state index in [1.165, 1.54) is 84.1 Å². The van der Waals surface area contributed by atoms with E-state index in [0.717, 1.165) is 0 Å². The smallest absolute Gasteiger partial charge is 0.338 e. The van der Waals surface area contributed by atoms with E-state index in [4.69, 9.17) is 24.1 Å². The zero-order chi connectivity index (χ0) is 40.8. The van der Waals surface area contributed by atoms with Crippen molar-refractivity contribution in [1.82, 2.24) is 29.4 Å². The van der Waals surface area contributed by atoms with E-state index >= 15 is 0 Å². The molecule has 0 aliphatic heterocycles. The average Bonchev–Trinajstić information content (AvgIpc) is 3.13. The summed E-state index contributed by atoms with van der Waals surface area (Å²) in [5.74, 6) is -3.35. The number of sulfonamides is 2. The number of carbonyl (C=O) groups excluding carboxylic acids is 3. The molecular weight excluding hydrogens is 773 g/mol. The van der Waals surface area contributed by atoms with Gasteiger partial charge in [0, 0.05) is 0 Å². The molecule has 0 aliphatic rings. The molecule has 22 nitrogen and oxygen atoms in total. The lowest BCUT2D eigenvalue weighted by atomic mass is 10.1. The van der Waals surface area contributed by atoms with Gasteiger partial charge in [-0.2, -0.15) is 19.9 Å². The predicted octanol–water partition coefficient (Wildman–Crippen LogP) is 1.78. The van der Waals surface area contributed by atoms with E-state index in [9.17, 15) is 36.0 Å². The molecule has 24 heteroatoms. The Morgan fingerprint density at radius 2 is 0.927 bits per heavy atom. The van der Waals surface area contributed by atoms with Crippen molar-refractivity contribution in [2.24, 2.45) is 0 Å². The maximum atomic E-state index is 12.3. The molecule has 0 saturated heterocycles. The Morgan fingerprint density at radius 3 is 1.27 bits per heavy atom. The van der Waals surface area contributed by atoms with Gasteiger partial charge in [-0.25, -0.2) is 45.5 Å². The van der Waals surface area contributed by atoms with Gasteiger partial charge in [0.1, 0.15) is 0 Å². The van der Waals surface area contributed by atoms with Crippen molar-refractivity contribution in [3.8, 4) is 23.5 Å². The van der Waals surface area contributed by atoms with Gasteiger partial charge >= 0.3 is 24.0 Å². The van der Waals surface area contributed by atoms with Gasteiger partial charge in [0.25, 0.3) is 0 Å². The van der Waals surface area contributed by atoms with E-state index in [1.807, 2.05) is 4.72 Å². The number of hydrogen-bond acceptors (Lipinski definition) is 17. The second-order valence-corrected chi connectivity index (χ2v) is 13.7. The molecule has 2 aromatic heterocycles. The zero-order valence-electron chi connectivity index (χ0n) is 29.5. The number of amides is 4. The number of carboxylic acid groups (broad SMARTS) is 1. The molecule has 0 unspecified atom stereocenters. The molecule has 0 spiro atoms. The molecular formula is C31H34N8O14S2.